The van der Waals surface area contributed by atoms with Crippen LogP contribution in [0, 0.1) is 0 Å². The molecule has 0 aliphatic heterocycles. The van der Waals surface area contributed by atoms with E-state index in [1.54, 1.807) is 34.0 Å². The third-order valence-electron chi connectivity index (χ3n) is 10.6. The molecular weight excluding hydrogens is 755 g/mol. The highest BCUT2D eigenvalue weighted by atomic mass is 32.1. The summed E-state index contributed by atoms with van der Waals surface area (Å²) >= 11 is 5.33. The van der Waals surface area contributed by atoms with E-state index >= 15 is 0 Å². The average molecular weight is 782 g/mol. The SMILES string of the molecule is c1ccc(-c2nc(-c3ccc4sc5cccc(-c6nc(-c7ccccc7)c7sc8ccccc8c7n6)c5c4c3)nc(-c3cccc4sc5ccccc5c34)n2)cc1. The topological polar surface area (TPSA) is 64.5 Å². The van der Waals surface area contributed by atoms with E-state index in [4.69, 9.17) is 24.9 Å². The van der Waals surface area contributed by atoms with E-state index in [1.165, 1.54) is 34.3 Å². The van der Waals surface area contributed by atoms with Crippen LogP contribution in [0.1, 0.15) is 0 Å². The number of aromatic nitrogens is 5. The maximum atomic E-state index is 5.36. The van der Waals surface area contributed by atoms with Crippen LogP contribution in [0.15, 0.2) is 164 Å². The van der Waals surface area contributed by atoms with Gasteiger partial charge in [-0.2, -0.15) is 0 Å². The first-order valence-corrected chi connectivity index (χ1v) is 21.1. The van der Waals surface area contributed by atoms with Crippen molar-refractivity contribution in [1.29, 1.82) is 0 Å². The van der Waals surface area contributed by atoms with Crippen molar-refractivity contribution in [3.8, 4) is 56.8 Å². The van der Waals surface area contributed by atoms with Crippen LogP contribution in [0.3, 0.4) is 0 Å². The fourth-order valence-electron chi connectivity index (χ4n) is 7.96. The van der Waals surface area contributed by atoms with E-state index in [1.807, 2.05) is 24.3 Å². The normalized spacial score (nSPS) is 11.9. The van der Waals surface area contributed by atoms with Gasteiger partial charge in [0.15, 0.2) is 23.3 Å². The van der Waals surface area contributed by atoms with Gasteiger partial charge in [0.1, 0.15) is 0 Å². The van der Waals surface area contributed by atoms with Gasteiger partial charge in [-0.15, -0.1) is 34.0 Å². The Kier molecular flexibility index (Phi) is 7.38. The van der Waals surface area contributed by atoms with Gasteiger partial charge in [0.05, 0.1) is 15.9 Å². The van der Waals surface area contributed by atoms with E-state index in [0.29, 0.717) is 23.3 Å². The number of fused-ring (bicyclic) bond motifs is 9. The first-order valence-electron chi connectivity index (χ1n) is 18.7. The van der Waals surface area contributed by atoms with Crippen LogP contribution in [0.25, 0.3) is 117 Å². The van der Waals surface area contributed by atoms with E-state index in [9.17, 15) is 0 Å². The molecule has 0 saturated heterocycles. The summed E-state index contributed by atoms with van der Waals surface area (Å²) in [5, 5.41) is 5.78. The minimum atomic E-state index is 0.628. The Hall–Kier alpha value is -6.71. The summed E-state index contributed by atoms with van der Waals surface area (Å²) in [6.45, 7) is 0. The van der Waals surface area contributed by atoms with Crippen molar-refractivity contribution in [3.63, 3.8) is 0 Å². The molecule has 266 valence electrons. The van der Waals surface area contributed by atoms with Gasteiger partial charge in [-0.3, -0.25) is 0 Å². The minimum Gasteiger partial charge on any atom is -0.226 e. The van der Waals surface area contributed by atoms with E-state index < -0.39 is 0 Å². The highest BCUT2D eigenvalue weighted by molar-refractivity contribution is 7.26. The third-order valence-corrected chi connectivity index (χ3v) is 14.0. The largest absolute Gasteiger partial charge is 0.226 e. The van der Waals surface area contributed by atoms with Gasteiger partial charge in [-0.1, -0.05) is 121 Å². The van der Waals surface area contributed by atoms with Crippen LogP contribution in [0.5, 0.6) is 0 Å². The molecule has 57 heavy (non-hydrogen) atoms. The van der Waals surface area contributed by atoms with E-state index in [0.717, 1.165) is 59.9 Å². The molecule has 8 heteroatoms. The van der Waals surface area contributed by atoms with Crippen molar-refractivity contribution >= 4 is 94.7 Å². The van der Waals surface area contributed by atoms with Crippen molar-refractivity contribution in [2.24, 2.45) is 0 Å². The summed E-state index contributed by atoms with van der Waals surface area (Å²) < 4.78 is 7.11. The second-order valence-corrected chi connectivity index (χ2v) is 17.2. The molecule has 12 rings (SSSR count). The van der Waals surface area contributed by atoms with Gasteiger partial charge in [0, 0.05) is 78.2 Å². The van der Waals surface area contributed by atoms with E-state index in [2.05, 4.69) is 140 Å². The van der Waals surface area contributed by atoms with Crippen molar-refractivity contribution in [3.05, 3.63) is 164 Å². The summed E-state index contributed by atoms with van der Waals surface area (Å²) in [7, 11) is 0. The fourth-order valence-corrected chi connectivity index (χ4v) is 11.4. The minimum absolute atomic E-state index is 0.628. The van der Waals surface area contributed by atoms with Crippen LogP contribution < -0.4 is 0 Å². The van der Waals surface area contributed by atoms with Crippen molar-refractivity contribution in [2.75, 3.05) is 0 Å². The maximum absolute atomic E-state index is 5.36. The zero-order valence-corrected chi connectivity index (χ0v) is 32.5. The molecular formula is C49H27N5S3. The number of hydrogen-bond acceptors (Lipinski definition) is 8. The van der Waals surface area contributed by atoms with E-state index in [-0.39, 0.29) is 0 Å². The predicted molar refractivity (Wildman–Crippen MR) is 241 cm³/mol. The lowest BCUT2D eigenvalue weighted by Gasteiger charge is -2.10. The Morgan fingerprint density at radius 2 is 0.842 bits per heavy atom. The highest BCUT2D eigenvalue weighted by Crippen LogP contribution is 2.44. The molecule has 0 amide bonds. The molecule has 0 atom stereocenters. The second-order valence-electron chi connectivity index (χ2n) is 14.0. The van der Waals surface area contributed by atoms with Crippen LogP contribution in [-0.4, -0.2) is 24.9 Å². The molecule has 0 saturated carbocycles. The molecule has 7 aromatic carbocycles. The van der Waals surface area contributed by atoms with Crippen molar-refractivity contribution < 1.29 is 0 Å². The summed E-state index contributed by atoms with van der Waals surface area (Å²) in [6.07, 6.45) is 0. The molecule has 0 aliphatic rings. The van der Waals surface area contributed by atoms with Gasteiger partial charge in [-0.05, 0) is 42.5 Å². The molecule has 0 bridgehead atoms. The zero-order valence-electron chi connectivity index (χ0n) is 30.0. The number of nitrogens with zero attached hydrogens (tertiary/aromatic N) is 5. The first-order chi connectivity index (χ1) is 28.2. The van der Waals surface area contributed by atoms with Crippen LogP contribution in [-0.2, 0) is 0 Å². The lowest BCUT2D eigenvalue weighted by molar-refractivity contribution is 1.08. The quantitative estimate of drug-likeness (QED) is 0.174. The number of benzene rings is 7. The smallest absolute Gasteiger partial charge is 0.164 e. The standard InChI is InChI=1S/C49H27N5S3/c1-3-13-28(14-4-1)43-45-44(32-18-8-10-22-37(32)57-45)51-48(50-43)34-20-12-24-40-42(34)35-27-30(25-26-38(35)56-40)47-52-46(29-15-5-2-6-16-29)53-49(54-47)33-19-11-23-39-41(33)31-17-7-9-21-36(31)55-39/h1-27H. The van der Waals surface area contributed by atoms with Crippen LogP contribution >= 0.6 is 34.0 Å². The number of thiophene rings is 3. The molecule has 0 unspecified atom stereocenters. The Labute approximate surface area is 338 Å². The summed E-state index contributed by atoms with van der Waals surface area (Å²) in [5.41, 5.74) is 6.88. The van der Waals surface area contributed by atoms with Gasteiger partial charge in [-0.25, -0.2) is 24.9 Å². The number of hydrogen-bond donors (Lipinski definition) is 0. The van der Waals surface area contributed by atoms with Gasteiger partial charge >= 0.3 is 0 Å². The fraction of sp³-hybridized carbons (Fsp3) is 0. The summed E-state index contributed by atoms with van der Waals surface area (Å²) in [5.74, 6) is 2.64. The monoisotopic (exact) mass is 781 g/mol. The molecule has 5 nitrogen and oxygen atoms in total. The molecule has 0 radical (unpaired) electrons. The highest BCUT2D eigenvalue weighted by Gasteiger charge is 2.21. The van der Waals surface area contributed by atoms with Crippen molar-refractivity contribution in [1.82, 2.24) is 24.9 Å². The third kappa shape index (κ3) is 5.29. The molecule has 5 aromatic heterocycles. The van der Waals surface area contributed by atoms with Gasteiger partial charge < -0.3 is 0 Å². The Morgan fingerprint density at radius 1 is 0.316 bits per heavy atom. The molecule has 0 aliphatic carbocycles. The molecule has 0 N–H and O–H groups in total. The molecule has 0 spiro atoms. The lowest BCUT2D eigenvalue weighted by atomic mass is 10.0. The first kappa shape index (κ1) is 32.5. The van der Waals surface area contributed by atoms with Crippen LogP contribution in [0.2, 0.25) is 0 Å². The Morgan fingerprint density at radius 3 is 1.56 bits per heavy atom. The molecule has 0 fully saturated rings. The molecule has 12 aromatic rings. The number of rotatable bonds is 5. The van der Waals surface area contributed by atoms with Crippen molar-refractivity contribution in [2.45, 2.75) is 0 Å². The summed E-state index contributed by atoms with van der Waals surface area (Å²) in [4.78, 5) is 26.2. The van der Waals surface area contributed by atoms with Gasteiger partial charge in [0.25, 0.3) is 0 Å². The maximum Gasteiger partial charge on any atom is 0.164 e. The van der Waals surface area contributed by atoms with Gasteiger partial charge in [0.2, 0.25) is 0 Å². The summed E-state index contributed by atoms with van der Waals surface area (Å²) in [6, 6.07) is 57.2. The molecule has 5 heterocycles. The second kappa shape index (κ2) is 12.9. The average Bonchev–Trinajstić information content (AvgIpc) is 3.97. The zero-order chi connectivity index (χ0) is 37.5. The lowest BCUT2D eigenvalue weighted by Crippen LogP contribution is -2.00. The Bertz CT molecular complexity index is 3530. The van der Waals surface area contributed by atoms with Crippen LogP contribution in [0.4, 0.5) is 0 Å². The predicted octanol–water partition coefficient (Wildman–Crippen LogP) is 14.1. The Balaban J connectivity index is 1.09.